The van der Waals surface area contributed by atoms with E-state index < -0.39 is 28.9 Å². The zero-order valence-corrected chi connectivity index (χ0v) is 12.3. The number of nitrogens with zero attached hydrogens (tertiary/aromatic N) is 1. The van der Waals surface area contributed by atoms with Crippen LogP contribution in [-0.4, -0.2) is 11.4 Å². The van der Waals surface area contributed by atoms with Gasteiger partial charge in [-0.1, -0.05) is 12.1 Å². The van der Waals surface area contributed by atoms with Crippen LogP contribution >= 0.6 is 12.6 Å². The van der Waals surface area contributed by atoms with E-state index in [1.165, 1.54) is 0 Å². The quantitative estimate of drug-likeness (QED) is 0.619. The Morgan fingerprint density at radius 2 is 1.86 bits per heavy atom. The second kappa shape index (κ2) is 5.24. The van der Waals surface area contributed by atoms with E-state index in [9.17, 15) is 18.0 Å². The summed E-state index contributed by atoms with van der Waals surface area (Å²) < 4.78 is 40.5. The number of carbonyl (C=O) groups excluding carboxylic acids is 1. The molecule has 2 aromatic rings. The topological polar surface area (TPSA) is 32.3 Å². The average molecular weight is 324 g/mol. The maximum absolute atomic E-state index is 14.0. The molecule has 0 radical (unpaired) electrons. The van der Waals surface area contributed by atoms with Gasteiger partial charge in [0.25, 0.3) is 5.91 Å². The number of carbonyl (C=O) groups is 1. The predicted molar refractivity (Wildman–Crippen MR) is 80.7 cm³/mol. The molecule has 114 valence electrons. The first-order valence-electron chi connectivity index (χ1n) is 6.43. The van der Waals surface area contributed by atoms with Gasteiger partial charge in [-0.25, -0.2) is 13.2 Å². The second-order valence-electron chi connectivity index (χ2n) is 4.89. The maximum Gasteiger partial charge on any atom is 0.262 e. The van der Waals surface area contributed by atoms with Crippen molar-refractivity contribution in [2.75, 3.05) is 10.2 Å². The molecule has 0 bridgehead atoms. The summed E-state index contributed by atoms with van der Waals surface area (Å²) in [5.41, 5.74) is 0.459. The number of fused-ring (bicyclic) bond motifs is 1. The lowest BCUT2D eigenvalue weighted by Crippen LogP contribution is -2.46. The fourth-order valence-electron chi connectivity index (χ4n) is 2.41. The largest absolute Gasteiger partial charge is 0.356 e. The number of rotatable bonds is 1. The van der Waals surface area contributed by atoms with E-state index in [4.69, 9.17) is 0 Å². The van der Waals surface area contributed by atoms with Gasteiger partial charge < -0.3 is 5.32 Å². The molecule has 1 aliphatic heterocycles. The summed E-state index contributed by atoms with van der Waals surface area (Å²) in [4.78, 5) is 13.5. The van der Waals surface area contributed by atoms with Crippen molar-refractivity contribution in [1.82, 2.24) is 0 Å². The molecule has 1 amide bonds. The smallest absolute Gasteiger partial charge is 0.262 e. The molecule has 0 fully saturated rings. The molecule has 3 nitrogen and oxygen atoms in total. The molecule has 2 aromatic carbocycles. The van der Waals surface area contributed by atoms with Gasteiger partial charge in [0.05, 0.1) is 16.9 Å². The minimum atomic E-state index is -1.62. The van der Waals surface area contributed by atoms with Crippen LogP contribution in [0.4, 0.5) is 24.5 Å². The lowest BCUT2D eigenvalue weighted by molar-refractivity contribution is 0.0982. The van der Waals surface area contributed by atoms with Crippen LogP contribution in [0.2, 0.25) is 0 Å². The number of para-hydroxylation sites is 1. The number of amides is 1. The summed E-state index contributed by atoms with van der Waals surface area (Å²) in [6, 6.07) is 6.85. The minimum Gasteiger partial charge on any atom is -0.356 e. The van der Waals surface area contributed by atoms with Gasteiger partial charge in [-0.15, -0.1) is 12.6 Å². The first kappa shape index (κ1) is 14.8. The number of aryl methyl sites for hydroxylation is 1. The average Bonchev–Trinajstić information content (AvgIpc) is 2.48. The van der Waals surface area contributed by atoms with Crippen molar-refractivity contribution in [3.05, 3.63) is 58.9 Å². The van der Waals surface area contributed by atoms with E-state index in [0.29, 0.717) is 11.3 Å². The van der Waals surface area contributed by atoms with Crippen molar-refractivity contribution in [3.63, 3.8) is 0 Å². The SMILES string of the molecule is Cc1cccc2c1NC(S)N(c1ccc(F)c(F)c1F)C2=O. The van der Waals surface area contributed by atoms with Crippen LogP contribution in [0.3, 0.4) is 0 Å². The van der Waals surface area contributed by atoms with Crippen molar-refractivity contribution in [2.24, 2.45) is 0 Å². The lowest BCUT2D eigenvalue weighted by Gasteiger charge is -2.35. The van der Waals surface area contributed by atoms with Crippen molar-refractivity contribution in [1.29, 1.82) is 0 Å². The number of hydrogen-bond acceptors (Lipinski definition) is 3. The Bertz CT molecular complexity index is 782. The summed E-state index contributed by atoms with van der Waals surface area (Å²) in [5, 5.41) is 2.95. The molecule has 1 unspecified atom stereocenters. The summed E-state index contributed by atoms with van der Waals surface area (Å²) in [6.45, 7) is 1.81. The summed E-state index contributed by atoms with van der Waals surface area (Å²) >= 11 is 4.22. The van der Waals surface area contributed by atoms with Crippen LogP contribution in [0.5, 0.6) is 0 Å². The molecule has 3 rings (SSSR count). The molecule has 1 atom stereocenters. The molecule has 0 saturated heterocycles. The molecule has 1 N–H and O–H groups in total. The van der Waals surface area contributed by atoms with Gasteiger partial charge in [-0.05, 0) is 30.7 Å². The number of thiol groups is 1. The van der Waals surface area contributed by atoms with Gasteiger partial charge in [0, 0.05) is 0 Å². The molecule has 1 aliphatic rings. The van der Waals surface area contributed by atoms with E-state index in [2.05, 4.69) is 17.9 Å². The Morgan fingerprint density at radius 1 is 1.14 bits per heavy atom. The van der Waals surface area contributed by atoms with Crippen LogP contribution in [0.25, 0.3) is 0 Å². The third-order valence-corrected chi connectivity index (χ3v) is 3.87. The molecule has 0 aromatic heterocycles. The Morgan fingerprint density at radius 3 is 2.59 bits per heavy atom. The fourth-order valence-corrected chi connectivity index (χ4v) is 2.77. The van der Waals surface area contributed by atoms with Crippen LogP contribution in [0.1, 0.15) is 15.9 Å². The second-order valence-corrected chi connectivity index (χ2v) is 5.37. The van der Waals surface area contributed by atoms with Crippen molar-refractivity contribution in [3.8, 4) is 0 Å². The van der Waals surface area contributed by atoms with E-state index >= 15 is 0 Å². The highest BCUT2D eigenvalue weighted by Gasteiger charge is 2.34. The molecule has 22 heavy (non-hydrogen) atoms. The Kier molecular flexibility index (Phi) is 3.52. The summed E-state index contributed by atoms with van der Waals surface area (Å²) in [7, 11) is 0. The molecule has 0 saturated carbocycles. The third kappa shape index (κ3) is 2.12. The molecule has 0 spiro atoms. The van der Waals surface area contributed by atoms with E-state index in [1.807, 2.05) is 13.0 Å². The number of benzene rings is 2. The molecule has 0 aliphatic carbocycles. The molecular formula is C15H11F3N2OS. The van der Waals surface area contributed by atoms with Crippen molar-refractivity contribution in [2.45, 2.75) is 12.4 Å². The summed E-state index contributed by atoms with van der Waals surface area (Å²) in [6.07, 6.45) is 0. The Hall–Kier alpha value is -2.15. The number of halogens is 3. The van der Waals surface area contributed by atoms with Crippen LogP contribution < -0.4 is 10.2 Å². The fraction of sp³-hybridized carbons (Fsp3) is 0.133. The monoisotopic (exact) mass is 324 g/mol. The third-order valence-electron chi connectivity index (χ3n) is 3.51. The normalized spacial score (nSPS) is 17.2. The highest BCUT2D eigenvalue weighted by Crippen LogP contribution is 2.34. The van der Waals surface area contributed by atoms with Gasteiger partial charge in [0.15, 0.2) is 22.9 Å². The van der Waals surface area contributed by atoms with Gasteiger partial charge >= 0.3 is 0 Å². The van der Waals surface area contributed by atoms with E-state index in [1.54, 1.807) is 12.1 Å². The lowest BCUT2D eigenvalue weighted by atomic mass is 10.0. The maximum atomic E-state index is 14.0. The Labute approximate surface area is 130 Å². The molecule has 7 heteroatoms. The van der Waals surface area contributed by atoms with Gasteiger partial charge in [0.2, 0.25) is 0 Å². The first-order chi connectivity index (χ1) is 10.4. The number of nitrogens with one attached hydrogen (secondary N) is 1. The van der Waals surface area contributed by atoms with E-state index in [-0.39, 0.29) is 5.69 Å². The highest BCUT2D eigenvalue weighted by molar-refractivity contribution is 7.81. The van der Waals surface area contributed by atoms with Crippen molar-refractivity contribution < 1.29 is 18.0 Å². The molecule has 1 heterocycles. The minimum absolute atomic E-state index is 0.314. The van der Waals surface area contributed by atoms with Gasteiger partial charge in [-0.3, -0.25) is 9.69 Å². The predicted octanol–water partition coefficient (Wildman–Crippen LogP) is 3.70. The van der Waals surface area contributed by atoms with Gasteiger partial charge in [0.1, 0.15) is 0 Å². The van der Waals surface area contributed by atoms with Crippen LogP contribution in [-0.2, 0) is 0 Å². The Balaban J connectivity index is 2.14. The zero-order valence-electron chi connectivity index (χ0n) is 11.4. The zero-order chi connectivity index (χ0) is 16.0. The van der Waals surface area contributed by atoms with E-state index in [0.717, 1.165) is 22.6 Å². The standard InChI is InChI=1S/C15H11F3N2OS/c1-7-3-2-4-8-13(7)19-15(22)20(14(8)21)10-6-5-9(16)11(17)12(10)18/h2-6,15,19,22H,1H3. The molecular weight excluding hydrogens is 313 g/mol. The van der Waals surface area contributed by atoms with Crippen LogP contribution in [0.15, 0.2) is 30.3 Å². The van der Waals surface area contributed by atoms with Crippen molar-refractivity contribution >= 4 is 29.9 Å². The number of hydrogen-bond donors (Lipinski definition) is 2. The first-order valence-corrected chi connectivity index (χ1v) is 6.94. The summed E-state index contributed by atoms with van der Waals surface area (Å²) in [5.74, 6) is -4.90. The van der Waals surface area contributed by atoms with Gasteiger partial charge in [-0.2, -0.15) is 0 Å². The number of anilines is 2. The highest BCUT2D eigenvalue weighted by atomic mass is 32.1. The van der Waals surface area contributed by atoms with Crippen LogP contribution in [0, 0.1) is 24.4 Å².